The molecule has 4 heteroatoms. The highest BCUT2D eigenvalue weighted by Gasteiger charge is 2.17. The lowest BCUT2D eigenvalue weighted by molar-refractivity contribution is -0.123. The highest BCUT2D eigenvalue weighted by Crippen LogP contribution is 2.12. The van der Waals surface area contributed by atoms with Gasteiger partial charge in [-0.1, -0.05) is 162 Å². The minimum atomic E-state index is -0.0341. The average molecular weight is 634 g/mol. The van der Waals surface area contributed by atoms with Gasteiger partial charge in [0, 0.05) is 6.54 Å². The Kier molecular flexibility index (Phi) is 36.9. The van der Waals surface area contributed by atoms with Crippen LogP contribution in [0.25, 0.3) is 0 Å². The first-order valence-corrected chi connectivity index (χ1v) is 20.6. The van der Waals surface area contributed by atoms with Crippen LogP contribution in [0.2, 0.25) is 0 Å². The number of hydrogen-bond donors (Lipinski definition) is 2. The lowest BCUT2D eigenvalue weighted by atomic mass is 10.0. The Bertz CT molecular complexity index is 600. The van der Waals surface area contributed by atoms with Crippen LogP contribution in [0.1, 0.15) is 207 Å². The Labute approximate surface area is 284 Å². The van der Waals surface area contributed by atoms with Crippen molar-refractivity contribution >= 4 is 5.91 Å². The number of rotatable bonds is 37. The minimum absolute atomic E-state index is 0.0341. The van der Waals surface area contributed by atoms with Gasteiger partial charge in [-0.2, -0.15) is 0 Å². The Morgan fingerprint density at radius 3 is 1.42 bits per heavy atom. The lowest BCUT2D eigenvalue weighted by Crippen LogP contribution is -2.45. The molecule has 0 aliphatic heterocycles. The quantitative estimate of drug-likeness (QED) is 0.0528. The maximum Gasteiger partial charge on any atom is 0.237 e. The second kappa shape index (κ2) is 37.6. The van der Waals surface area contributed by atoms with Crippen LogP contribution in [0, 0.1) is 0 Å². The maximum atomic E-state index is 13.2. The van der Waals surface area contributed by atoms with E-state index < -0.39 is 0 Å². The van der Waals surface area contributed by atoms with Gasteiger partial charge in [-0.05, 0) is 84.0 Å². The van der Waals surface area contributed by atoms with Crippen molar-refractivity contribution in [3.05, 3.63) is 12.2 Å². The van der Waals surface area contributed by atoms with E-state index in [1.165, 1.54) is 167 Å². The third-order valence-corrected chi connectivity index (χ3v) is 9.35. The van der Waals surface area contributed by atoms with Gasteiger partial charge >= 0.3 is 0 Å². The minimum Gasteiger partial charge on any atom is -0.355 e. The number of carbonyl (C=O) groups excluding carboxylic acids is 1. The van der Waals surface area contributed by atoms with E-state index in [-0.39, 0.29) is 11.9 Å². The van der Waals surface area contributed by atoms with E-state index in [0.29, 0.717) is 0 Å². The van der Waals surface area contributed by atoms with Gasteiger partial charge in [0.15, 0.2) is 0 Å². The van der Waals surface area contributed by atoms with Gasteiger partial charge in [-0.25, -0.2) is 0 Å². The van der Waals surface area contributed by atoms with Crippen molar-refractivity contribution in [2.75, 3.05) is 32.7 Å². The van der Waals surface area contributed by atoms with Crippen molar-refractivity contribution in [1.82, 2.24) is 15.5 Å². The molecule has 0 fully saturated rings. The topological polar surface area (TPSA) is 44.4 Å². The number of unbranched alkanes of at least 4 members (excludes halogenated alkanes) is 21. The molecule has 1 atom stereocenters. The van der Waals surface area contributed by atoms with Crippen molar-refractivity contribution in [3.63, 3.8) is 0 Å². The standard InChI is InChI=1S/C41H83N3O/c1-5-9-13-15-17-19-20-21-22-23-24-25-27-29-31-34-40(42-36-33-39-44(37-11-7-3)38-12-8-4)41(45)43-35-32-30-28-26-18-16-14-10-6-2/h21-22,40,42H,5-20,23-39H2,1-4H3,(H,43,45)/b22-21-. The fourth-order valence-corrected chi connectivity index (χ4v) is 6.19. The molecule has 0 aromatic heterocycles. The summed E-state index contributed by atoms with van der Waals surface area (Å²) in [7, 11) is 0. The molecule has 0 aliphatic rings. The van der Waals surface area contributed by atoms with Gasteiger partial charge in [0.1, 0.15) is 0 Å². The van der Waals surface area contributed by atoms with E-state index in [1.807, 2.05) is 0 Å². The van der Waals surface area contributed by atoms with Gasteiger partial charge in [0.2, 0.25) is 5.91 Å². The number of hydrogen-bond acceptors (Lipinski definition) is 3. The molecular formula is C41H83N3O. The first-order chi connectivity index (χ1) is 22.2. The summed E-state index contributed by atoms with van der Waals surface area (Å²) >= 11 is 0. The molecule has 1 unspecified atom stereocenters. The molecule has 0 spiro atoms. The molecule has 268 valence electrons. The van der Waals surface area contributed by atoms with Crippen LogP contribution in [0.3, 0.4) is 0 Å². The number of allylic oxidation sites excluding steroid dienone is 2. The lowest BCUT2D eigenvalue weighted by Gasteiger charge is -2.23. The molecule has 0 saturated carbocycles. The molecule has 45 heavy (non-hydrogen) atoms. The van der Waals surface area contributed by atoms with Crippen LogP contribution in [0.15, 0.2) is 12.2 Å². The molecular weight excluding hydrogens is 550 g/mol. The predicted octanol–water partition coefficient (Wildman–Crippen LogP) is 11.9. The Balaban J connectivity index is 4.30. The number of amides is 1. The second-order valence-corrected chi connectivity index (χ2v) is 13.9. The summed E-state index contributed by atoms with van der Waals surface area (Å²) in [5, 5.41) is 6.96. The molecule has 1 amide bonds. The molecule has 0 aromatic rings. The summed E-state index contributed by atoms with van der Waals surface area (Å²) in [6.45, 7) is 14.5. The molecule has 0 saturated heterocycles. The monoisotopic (exact) mass is 634 g/mol. The summed E-state index contributed by atoms with van der Waals surface area (Å²) in [6, 6.07) is -0.0341. The van der Waals surface area contributed by atoms with Crippen molar-refractivity contribution in [2.24, 2.45) is 0 Å². The van der Waals surface area contributed by atoms with E-state index >= 15 is 0 Å². The molecule has 2 N–H and O–H groups in total. The Hall–Kier alpha value is -0.870. The summed E-state index contributed by atoms with van der Waals surface area (Å²) in [5.74, 6) is 0.235. The third-order valence-electron chi connectivity index (χ3n) is 9.35. The van der Waals surface area contributed by atoms with E-state index in [4.69, 9.17) is 0 Å². The highest BCUT2D eigenvalue weighted by molar-refractivity contribution is 5.81. The third kappa shape index (κ3) is 32.8. The normalized spacial score (nSPS) is 12.5. The fourth-order valence-electron chi connectivity index (χ4n) is 6.19. The molecule has 0 bridgehead atoms. The summed E-state index contributed by atoms with van der Waals surface area (Å²) in [5.41, 5.74) is 0. The van der Waals surface area contributed by atoms with Crippen molar-refractivity contribution < 1.29 is 4.79 Å². The smallest absolute Gasteiger partial charge is 0.237 e. The van der Waals surface area contributed by atoms with Crippen molar-refractivity contribution in [3.8, 4) is 0 Å². The number of carbonyl (C=O) groups is 1. The fraction of sp³-hybridized carbons (Fsp3) is 0.927. The van der Waals surface area contributed by atoms with E-state index in [0.717, 1.165) is 45.3 Å². The maximum absolute atomic E-state index is 13.2. The van der Waals surface area contributed by atoms with Crippen LogP contribution in [0.4, 0.5) is 0 Å². The van der Waals surface area contributed by atoms with Crippen molar-refractivity contribution in [2.45, 2.75) is 214 Å². The molecule has 0 aliphatic carbocycles. The Morgan fingerprint density at radius 2 is 0.911 bits per heavy atom. The number of nitrogens with one attached hydrogen (secondary N) is 2. The zero-order chi connectivity index (χ0) is 32.9. The Morgan fingerprint density at radius 1 is 0.489 bits per heavy atom. The predicted molar refractivity (Wildman–Crippen MR) is 202 cm³/mol. The SMILES string of the molecule is CCCCCCCC/C=C\CCCCCCCC(NCCCN(CCCC)CCCC)C(=O)NCCCCCCCCCCC. The van der Waals surface area contributed by atoms with Crippen LogP contribution in [-0.2, 0) is 4.79 Å². The van der Waals surface area contributed by atoms with Gasteiger partial charge in [-0.3, -0.25) is 4.79 Å². The second-order valence-electron chi connectivity index (χ2n) is 13.9. The molecule has 0 heterocycles. The summed E-state index contributed by atoms with van der Waals surface area (Å²) < 4.78 is 0. The van der Waals surface area contributed by atoms with Crippen LogP contribution in [-0.4, -0.2) is 49.6 Å². The molecule has 0 radical (unpaired) electrons. The van der Waals surface area contributed by atoms with Gasteiger partial charge in [0.25, 0.3) is 0 Å². The van der Waals surface area contributed by atoms with Gasteiger partial charge in [0.05, 0.1) is 6.04 Å². The molecule has 0 aromatic carbocycles. The zero-order valence-electron chi connectivity index (χ0n) is 31.4. The summed E-state index contributed by atoms with van der Waals surface area (Å²) in [6.07, 6.45) is 41.0. The van der Waals surface area contributed by atoms with Crippen LogP contribution >= 0.6 is 0 Å². The van der Waals surface area contributed by atoms with E-state index in [2.05, 4.69) is 55.4 Å². The van der Waals surface area contributed by atoms with Crippen LogP contribution < -0.4 is 10.6 Å². The first-order valence-electron chi connectivity index (χ1n) is 20.6. The van der Waals surface area contributed by atoms with E-state index in [1.54, 1.807) is 0 Å². The average Bonchev–Trinajstić information content (AvgIpc) is 3.05. The van der Waals surface area contributed by atoms with E-state index in [9.17, 15) is 4.79 Å². The zero-order valence-corrected chi connectivity index (χ0v) is 31.4. The summed E-state index contributed by atoms with van der Waals surface area (Å²) in [4.78, 5) is 15.8. The van der Waals surface area contributed by atoms with Gasteiger partial charge < -0.3 is 15.5 Å². The van der Waals surface area contributed by atoms with Gasteiger partial charge in [-0.15, -0.1) is 0 Å². The van der Waals surface area contributed by atoms with Crippen molar-refractivity contribution in [1.29, 1.82) is 0 Å². The highest BCUT2D eigenvalue weighted by atomic mass is 16.2. The molecule has 4 nitrogen and oxygen atoms in total. The molecule has 0 rings (SSSR count). The number of nitrogens with zero attached hydrogens (tertiary/aromatic N) is 1. The largest absolute Gasteiger partial charge is 0.355 e. The van der Waals surface area contributed by atoms with Crippen LogP contribution in [0.5, 0.6) is 0 Å². The first kappa shape index (κ1) is 44.1.